The zero-order chi connectivity index (χ0) is 17.9. The van der Waals surface area contributed by atoms with Gasteiger partial charge in [0.15, 0.2) is 6.04 Å². The van der Waals surface area contributed by atoms with E-state index in [2.05, 4.69) is 4.98 Å². The van der Waals surface area contributed by atoms with E-state index in [-0.39, 0.29) is 14.0 Å². The van der Waals surface area contributed by atoms with Crippen molar-refractivity contribution in [3.63, 3.8) is 0 Å². The Hall–Kier alpha value is -2.51. The number of amides is 1. The molecule has 0 radical (unpaired) electrons. The van der Waals surface area contributed by atoms with Crippen LogP contribution in [0.25, 0.3) is 0 Å². The number of pyridine rings is 1. The van der Waals surface area contributed by atoms with Crippen molar-refractivity contribution in [2.75, 3.05) is 37.4 Å². The minimum Gasteiger partial charge on any atom is -0.467 e. The lowest BCUT2D eigenvalue weighted by Gasteiger charge is -2.41. The summed E-state index contributed by atoms with van der Waals surface area (Å²) >= 11 is 0. The summed E-state index contributed by atoms with van der Waals surface area (Å²) in [4.78, 5) is 31.9. The topological polar surface area (TPSA) is 98.0 Å². The molecule has 1 atom stereocenters. The average Bonchev–Trinajstić information content (AvgIpc) is 2.52. The number of piperazine rings is 1. The second-order valence-corrected chi connectivity index (χ2v) is 6.59. The van der Waals surface area contributed by atoms with E-state index < -0.39 is 23.7 Å². The second kappa shape index (κ2) is 8.04. The summed E-state index contributed by atoms with van der Waals surface area (Å²) in [6, 6.07) is 1.03. The Kier molecular flexibility index (Phi) is 6.61. The molecule has 2 heterocycles. The van der Waals surface area contributed by atoms with E-state index in [1.165, 1.54) is 12.0 Å². The third-order valence-electron chi connectivity index (χ3n) is 3.65. The van der Waals surface area contributed by atoms with Crippen LogP contribution >= 0.6 is 0 Å². The summed E-state index contributed by atoms with van der Waals surface area (Å²) in [6.45, 7) is 6.49. The maximum atomic E-state index is 12.4. The van der Waals surface area contributed by atoms with Crippen LogP contribution in [0.4, 0.5) is 16.2 Å². The van der Waals surface area contributed by atoms with E-state index in [4.69, 9.17) is 15.2 Å². The van der Waals surface area contributed by atoms with E-state index in [9.17, 15) is 9.59 Å². The molecule has 0 saturated carbocycles. The number of esters is 1. The Labute approximate surface area is 148 Å². The zero-order valence-corrected chi connectivity index (χ0v) is 14.5. The first-order chi connectivity index (χ1) is 11.2. The molecule has 1 saturated heterocycles. The number of carbonyl (C=O) groups is 2. The number of anilines is 2. The van der Waals surface area contributed by atoms with Crippen LogP contribution in [0.1, 0.15) is 28.2 Å². The zero-order valence-electron chi connectivity index (χ0n) is 14.5. The number of ether oxygens (including phenoxy) is 2. The normalized spacial score (nSPS) is 17.5. The first-order valence-corrected chi connectivity index (χ1v) is 7.75. The van der Waals surface area contributed by atoms with Gasteiger partial charge in [0.2, 0.25) is 0 Å². The lowest BCUT2D eigenvalue weighted by Crippen LogP contribution is -2.59. The Morgan fingerprint density at radius 1 is 1.32 bits per heavy atom. The van der Waals surface area contributed by atoms with Crippen molar-refractivity contribution >= 4 is 23.4 Å². The van der Waals surface area contributed by atoms with Gasteiger partial charge in [0.1, 0.15) is 5.60 Å². The molecule has 8 heteroatoms. The minimum absolute atomic E-state index is 0. The predicted molar refractivity (Wildman–Crippen MR) is 96.3 cm³/mol. The van der Waals surface area contributed by atoms with Gasteiger partial charge in [0, 0.05) is 25.8 Å². The van der Waals surface area contributed by atoms with Crippen molar-refractivity contribution in [1.29, 1.82) is 0 Å². The monoisotopic (exact) mass is 352 g/mol. The summed E-state index contributed by atoms with van der Waals surface area (Å²) in [5, 5.41) is 0. The number of aromatic nitrogens is 1. The summed E-state index contributed by atoms with van der Waals surface area (Å²) < 4.78 is 10.2. The molecular formula is C17H28N4O4. The molecule has 0 spiro atoms. The molecule has 0 unspecified atom stereocenters. The van der Waals surface area contributed by atoms with Crippen molar-refractivity contribution < 1.29 is 19.1 Å². The maximum Gasteiger partial charge on any atom is 0.411 e. The fourth-order valence-electron chi connectivity index (χ4n) is 2.57. The molecule has 8 nitrogen and oxygen atoms in total. The molecule has 1 amide bonds. The number of carbonyl (C=O) groups excluding carboxylic acids is 2. The van der Waals surface area contributed by atoms with Crippen LogP contribution in [0.3, 0.4) is 0 Å². The van der Waals surface area contributed by atoms with Crippen LogP contribution in [0, 0.1) is 0 Å². The minimum atomic E-state index is -0.758. The van der Waals surface area contributed by atoms with Crippen molar-refractivity contribution in [1.82, 2.24) is 9.88 Å². The van der Waals surface area contributed by atoms with E-state index in [0.717, 1.165) is 5.69 Å². The maximum absolute atomic E-state index is 12.4. The van der Waals surface area contributed by atoms with E-state index >= 15 is 0 Å². The molecular weight excluding hydrogens is 324 g/mol. The third kappa shape index (κ3) is 4.98. The van der Waals surface area contributed by atoms with Gasteiger partial charge in [-0.1, -0.05) is 7.43 Å². The van der Waals surface area contributed by atoms with Gasteiger partial charge in [-0.05, 0) is 26.8 Å². The van der Waals surface area contributed by atoms with Gasteiger partial charge >= 0.3 is 12.1 Å². The molecule has 1 aliphatic heterocycles. The lowest BCUT2D eigenvalue weighted by atomic mass is 10.1. The largest absolute Gasteiger partial charge is 0.467 e. The summed E-state index contributed by atoms with van der Waals surface area (Å²) in [7, 11) is 1.30. The number of nitrogens with zero attached hydrogens (tertiary/aromatic N) is 3. The summed E-state index contributed by atoms with van der Waals surface area (Å²) in [6.07, 6.45) is 2.67. The summed E-state index contributed by atoms with van der Waals surface area (Å²) in [5.41, 5.74) is 6.62. The Morgan fingerprint density at radius 3 is 2.56 bits per heavy atom. The van der Waals surface area contributed by atoms with E-state index in [1.807, 2.05) is 4.90 Å². The van der Waals surface area contributed by atoms with E-state index in [1.54, 1.807) is 39.2 Å². The summed E-state index contributed by atoms with van der Waals surface area (Å²) in [5.74, 6) is -0.488. The quantitative estimate of drug-likeness (QED) is 0.812. The van der Waals surface area contributed by atoms with Crippen molar-refractivity contribution in [3.05, 3.63) is 18.5 Å². The Balaban J connectivity index is 0.00000312. The predicted octanol–water partition coefficient (Wildman–Crippen LogP) is 1.90. The van der Waals surface area contributed by atoms with Gasteiger partial charge in [-0.25, -0.2) is 9.59 Å². The van der Waals surface area contributed by atoms with Crippen LogP contribution in [0.2, 0.25) is 0 Å². The van der Waals surface area contributed by atoms with E-state index in [0.29, 0.717) is 18.8 Å². The molecule has 0 aromatic carbocycles. The second-order valence-electron chi connectivity index (χ2n) is 6.59. The van der Waals surface area contributed by atoms with Gasteiger partial charge < -0.3 is 20.1 Å². The van der Waals surface area contributed by atoms with Crippen LogP contribution in [-0.2, 0) is 14.3 Å². The number of hydrogen-bond donors (Lipinski definition) is 1. The molecule has 2 rings (SSSR count). The Bertz CT molecular complexity index is 615. The fourth-order valence-corrected chi connectivity index (χ4v) is 2.57. The van der Waals surface area contributed by atoms with Gasteiger partial charge in [-0.15, -0.1) is 0 Å². The molecule has 25 heavy (non-hydrogen) atoms. The standard InChI is InChI=1S/C16H24N4O4.CH4/c1-16(2,3)24-15(22)20-8-7-19(10-13(20)14(21)23-4)12-5-6-18-9-11(12)17;/h5-6,9,13H,7-8,10,17H2,1-4H3;1H4/t13-;/m0./s1. The van der Waals surface area contributed by atoms with Gasteiger partial charge in [0.05, 0.1) is 24.7 Å². The smallest absolute Gasteiger partial charge is 0.411 e. The highest BCUT2D eigenvalue weighted by Crippen LogP contribution is 2.25. The average molecular weight is 352 g/mol. The molecule has 0 bridgehead atoms. The van der Waals surface area contributed by atoms with Crippen molar-refractivity contribution in [2.24, 2.45) is 0 Å². The van der Waals surface area contributed by atoms with Crippen LogP contribution < -0.4 is 10.6 Å². The van der Waals surface area contributed by atoms with Crippen molar-refractivity contribution in [3.8, 4) is 0 Å². The van der Waals surface area contributed by atoms with Crippen LogP contribution in [0.5, 0.6) is 0 Å². The van der Waals surface area contributed by atoms with Gasteiger partial charge in [-0.2, -0.15) is 0 Å². The highest BCUT2D eigenvalue weighted by molar-refractivity contribution is 5.83. The lowest BCUT2D eigenvalue weighted by molar-refractivity contribution is -0.147. The first-order valence-electron chi connectivity index (χ1n) is 7.75. The van der Waals surface area contributed by atoms with Crippen LogP contribution in [0.15, 0.2) is 18.5 Å². The van der Waals surface area contributed by atoms with Gasteiger partial charge in [0.25, 0.3) is 0 Å². The molecule has 1 aromatic heterocycles. The number of hydrogen-bond acceptors (Lipinski definition) is 7. The molecule has 1 fully saturated rings. The van der Waals surface area contributed by atoms with Crippen molar-refractivity contribution in [2.45, 2.75) is 39.8 Å². The molecule has 0 aliphatic carbocycles. The number of rotatable bonds is 2. The number of methoxy groups -OCH3 is 1. The molecule has 140 valence electrons. The Morgan fingerprint density at radius 2 is 2.00 bits per heavy atom. The van der Waals surface area contributed by atoms with Gasteiger partial charge in [-0.3, -0.25) is 9.88 Å². The molecule has 2 N–H and O–H groups in total. The number of nitrogens with two attached hydrogens (primary N) is 1. The third-order valence-corrected chi connectivity index (χ3v) is 3.65. The highest BCUT2D eigenvalue weighted by Gasteiger charge is 2.38. The molecule has 1 aliphatic rings. The SMILES string of the molecule is C.COC(=O)[C@@H]1CN(c2ccncc2N)CCN1C(=O)OC(C)(C)C. The number of nitrogen functional groups attached to an aromatic ring is 1. The fraction of sp³-hybridized carbons (Fsp3) is 0.588. The highest BCUT2D eigenvalue weighted by atomic mass is 16.6. The first kappa shape index (κ1) is 20.5. The van der Waals surface area contributed by atoms with Crippen LogP contribution in [-0.4, -0.2) is 60.3 Å². The molecule has 1 aromatic rings.